The molecule has 0 bridgehead atoms. The maximum atomic E-state index is 7.04. The second kappa shape index (κ2) is 9.48. The van der Waals surface area contributed by atoms with Gasteiger partial charge in [0.05, 0.1) is 12.5 Å². The Balaban J connectivity index is 1.70. The van der Waals surface area contributed by atoms with Crippen LogP contribution in [0.3, 0.4) is 0 Å². The van der Waals surface area contributed by atoms with Gasteiger partial charge in [0.25, 0.3) is 0 Å². The monoisotopic (exact) mass is 432 g/mol. The molecule has 2 aromatic heterocycles. The molecule has 0 spiro atoms. The highest BCUT2D eigenvalue weighted by molar-refractivity contribution is 5.75. The Kier molecular flexibility index (Phi) is 6.29. The quantitative estimate of drug-likeness (QED) is 0.400. The average Bonchev–Trinajstić information content (AvgIpc) is 3.53. The molecule has 0 amide bonds. The lowest BCUT2D eigenvalue weighted by Crippen LogP contribution is -2.19. The standard InChI is InChI=1S/C28H36N2O2/c29-27-23(17-21-13-7-15-31-21)25(19-9-3-1-4-10-19)24(18-22-14-8-16-32-22)28(30)26(27)20-11-5-2-6-12-20/h7-8,13-16,19-20H,1-6,9-12,17-18,29-30H2. The van der Waals surface area contributed by atoms with Crippen molar-refractivity contribution >= 4 is 11.4 Å². The van der Waals surface area contributed by atoms with Gasteiger partial charge in [-0.15, -0.1) is 0 Å². The zero-order chi connectivity index (χ0) is 21.9. The van der Waals surface area contributed by atoms with Crippen LogP contribution < -0.4 is 11.5 Å². The Morgan fingerprint density at radius 2 is 1.06 bits per heavy atom. The van der Waals surface area contributed by atoms with Gasteiger partial charge < -0.3 is 20.3 Å². The van der Waals surface area contributed by atoms with Crippen LogP contribution in [0.2, 0.25) is 0 Å². The summed E-state index contributed by atoms with van der Waals surface area (Å²) in [5.41, 5.74) is 21.0. The highest BCUT2D eigenvalue weighted by atomic mass is 16.3. The van der Waals surface area contributed by atoms with Crippen LogP contribution in [0.1, 0.15) is 110 Å². The van der Waals surface area contributed by atoms with Gasteiger partial charge in [-0.25, -0.2) is 0 Å². The summed E-state index contributed by atoms with van der Waals surface area (Å²) in [4.78, 5) is 0. The number of anilines is 2. The zero-order valence-corrected chi connectivity index (χ0v) is 19.1. The number of benzene rings is 1. The van der Waals surface area contributed by atoms with Gasteiger partial charge in [-0.3, -0.25) is 0 Å². The van der Waals surface area contributed by atoms with E-state index in [0.717, 1.165) is 35.7 Å². The fraction of sp³-hybridized carbons (Fsp3) is 0.500. The van der Waals surface area contributed by atoms with Crippen LogP contribution in [-0.2, 0) is 12.8 Å². The third-order valence-electron chi connectivity index (χ3n) is 7.77. The molecule has 2 heterocycles. The summed E-state index contributed by atoms with van der Waals surface area (Å²) in [7, 11) is 0. The predicted molar refractivity (Wildman–Crippen MR) is 130 cm³/mol. The van der Waals surface area contributed by atoms with E-state index in [1.54, 1.807) is 12.5 Å². The van der Waals surface area contributed by atoms with Gasteiger partial charge in [0.2, 0.25) is 0 Å². The highest BCUT2D eigenvalue weighted by Crippen LogP contribution is 2.48. The summed E-state index contributed by atoms with van der Waals surface area (Å²) < 4.78 is 11.6. The van der Waals surface area contributed by atoms with Crippen molar-refractivity contribution in [3.63, 3.8) is 0 Å². The van der Waals surface area contributed by atoms with Crippen LogP contribution in [0.25, 0.3) is 0 Å². The number of hydrogen-bond acceptors (Lipinski definition) is 4. The third kappa shape index (κ3) is 4.20. The third-order valence-corrected chi connectivity index (χ3v) is 7.77. The summed E-state index contributed by atoms with van der Waals surface area (Å²) in [6, 6.07) is 8.06. The van der Waals surface area contributed by atoms with E-state index >= 15 is 0 Å². The number of furan rings is 2. The molecule has 3 aromatic rings. The molecular formula is C28H36N2O2. The summed E-state index contributed by atoms with van der Waals surface area (Å²) in [6.07, 6.45) is 17.5. The Bertz CT molecular complexity index is 945. The SMILES string of the molecule is Nc1c(Cc2ccco2)c(C2CCCCC2)c(Cc2ccco2)c(N)c1C1CCCCC1. The van der Waals surface area contributed by atoms with Crippen LogP contribution in [0.15, 0.2) is 45.6 Å². The van der Waals surface area contributed by atoms with Crippen molar-refractivity contribution < 1.29 is 8.83 Å². The van der Waals surface area contributed by atoms with Gasteiger partial charge in [0.15, 0.2) is 0 Å². The maximum Gasteiger partial charge on any atom is 0.108 e. The summed E-state index contributed by atoms with van der Waals surface area (Å²) in [6.45, 7) is 0. The molecule has 0 atom stereocenters. The molecule has 4 nitrogen and oxygen atoms in total. The van der Waals surface area contributed by atoms with Crippen LogP contribution in [0.4, 0.5) is 11.4 Å². The Hall–Kier alpha value is -2.62. The van der Waals surface area contributed by atoms with Crippen LogP contribution >= 0.6 is 0 Å². The van der Waals surface area contributed by atoms with Crippen LogP contribution in [-0.4, -0.2) is 0 Å². The fourth-order valence-electron chi connectivity index (χ4n) is 6.21. The summed E-state index contributed by atoms with van der Waals surface area (Å²) in [5.74, 6) is 2.90. The van der Waals surface area contributed by atoms with E-state index in [1.807, 2.05) is 12.1 Å². The minimum absolute atomic E-state index is 0.454. The minimum atomic E-state index is 0.454. The van der Waals surface area contributed by atoms with Crippen molar-refractivity contribution in [3.8, 4) is 0 Å². The molecule has 0 aliphatic heterocycles. The van der Waals surface area contributed by atoms with Gasteiger partial charge in [-0.1, -0.05) is 38.5 Å². The summed E-state index contributed by atoms with van der Waals surface area (Å²) >= 11 is 0. The highest BCUT2D eigenvalue weighted by Gasteiger charge is 2.31. The van der Waals surface area contributed by atoms with Gasteiger partial charge >= 0.3 is 0 Å². The van der Waals surface area contributed by atoms with Crippen LogP contribution in [0, 0.1) is 0 Å². The lowest BCUT2D eigenvalue weighted by atomic mass is 9.73. The number of nitrogen functional groups attached to an aromatic ring is 2. The van der Waals surface area contributed by atoms with Crippen molar-refractivity contribution in [2.45, 2.75) is 88.9 Å². The van der Waals surface area contributed by atoms with Crippen molar-refractivity contribution in [3.05, 3.63) is 70.6 Å². The maximum absolute atomic E-state index is 7.04. The van der Waals surface area contributed by atoms with E-state index < -0.39 is 0 Å². The van der Waals surface area contributed by atoms with Gasteiger partial charge in [0, 0.05) is 29.8 Å². The molecular weight excluding hydrogens is 396 g/mol. The molecule has 4 heteroatoms. The summed E-state index contributed by atoms with van der Waals surface area (Å²) in [5, 5.41) is 0. The molecule has 2 fully saturated rings. The second-order valence-electron chi connectivity index (χ2n) is 9.79. The van der Waals surface area contributed by atoms with E-state index in [1.165, 1.54) is 86.5 Å². The van der Waals surface area contributed by atoms with Crippen molar-refractivity contribution in [2.75, 3.05) is 11.5 Å². The topological polar surface area (TPSA) is 78.3 Å². The first-order chi connectivity index (χ1) is 15.7. The van der Waals surface area contributed by atoms with Crippen LogP contribution in [0.5, 0.6) is 0 Å². The Labute approximate surface area is 191 Å². The molecule has 2 aliphatic carbocycles. The molecule has 1 aromatic carbocycles. The molecule has 32 heavy (non-hydrogen) atoms. The van der Waals surface area contributed by atoms with Crippen molar-refractivity contribution in [1.82, 2.24) is 0 Å². The van der Waals surface area contributed by atoms with E-state index in [4.69, 9.17) is 20.3 Å². The number of nitrogens with two attached hydrogens (primary N) is 2. The normalized spacial score (nSPS) is 18.2. The first-order valence-corrected chi connectivity index (χ1v) is 12.5. The molecule has 5 rings (SSSR count). The number of rotatable bonds is 6. The lowest BCUT2D eigenvalue weighted by Gasteiger charge is -2.33. The molecule has 0 unspecified atom stereocenters. The van der Waals surface area contributed by atoms with E-state index in [9.17, 15) is 0 Å². The van der Waals surface area contributed by atoms with E-state index in [0.29, 0.717) is 11.8 Å². The lowest BCUT2D eigenvalue weighted by molar-refractivity contribution is 0.435. The van der Waals surface area contributed by atoms with Crippen molar-refractivity contribution in [2.24, 2.45) is 0 Å². The molecule has 0 radical (unpaired) electrons. The molecule has 2 saturated carbocycles. The van der Waals surface area contributed by atoms with Gasteiger partial charge in [-0.2, -0.15) is 0 Å². The van der Waals surface area contributed by atoms with E-state index in [-0.39, 0.29) is 0 Å². The predicted octanol–water partition coefficient (Wildman–Crippen LogP) is 7.31. The smallest absolute Gasteiger partial charge is 0.108 e. The molecule has 0 saturated heterocycles. The van der Waals surface area contributed by atoms with Crippen molar-refractivity contribution in [1.29, 1.82) is 0 Å². The molecule has 170 valence electrons. The molecule has 4 N–H and O–H groups in total. The first kappa shape index (κ1) is 21.2. The minimum Gasteiger partial charge on any atom is -0.469 e. The van der Waals surface area contributed by atoms with E-state index in [2.05, 4.69) is 12.1 Å². The number of hydrogen-bond donors (Lipinski definition) is 2. The Morgan fingerprint density at radius 1 is 0.625 bits per heavy atom. The first-order valence-electron chi connectivity index (χ1n) is 12.5. The fourth-order valence-corrected chi connectivity index (χ4v) is 6.21. The second-order valence-corrected chi connectivity index (χ2v) is 9.79. The Morgan fingerprint density at radius 3 is 1.47 bits per heavy atom. The molecule has 2 aliphatic rings. The van der Waals surface area contributed by atoms with Gasteiger partial charge in [0.1, 0.15) is 11.5 Å². The largest absolute Gasteiger partial charge is 0.469 e. The van der Waals surface area contributed by atoms with Gasteiger partial charge in [-0.05, 0) is 78.5 Å². The average molecular weight is 433 g/mol. The zero-order valence-electron chi connectivity index (χ0n) is 19.1.